The monoisotopic (exact) mass is 267 g/mol. The van der Waals surface area contributed by atoms with Crippen molar-refractivity contribution in [2.24, 2.45) is 0 Å². The molecule has 5 nitrogen and oxygen atoms in total. The number of rotatable bonds is 4. The minimum atomic E-state index is 0.774. The van der Waals surface area contributed by atoms with E-state index in [0.29, 0.717) is 0 Å². The first-order chi connectivity index (χ1) is 9.74. The molecule has 2 aromatic heterocycles. The maximum absolute atomic E-state index is 5.98. The molecule has 0 fully saturated rings. The molecule has 0 spiro atoms. The van der Waals surface area contributed by atoms with E-state index in [1.807, 2.05) is 48.4 Å². The van der Waals surface area contributed by atoms with E-state index in [2.05, 4.69) is 15.4 Å². The van der Waals surface area contributed by atoms with Crippen molar-refractivity contribution in [2.45, 2.75) is 13.5 Å². The molecule has 0 unspecified atom stereocenters. The molecule has 0 atom stereocenters. The second kappa shape index (κ2) is 5.21. The number of nitrogens with zero attached hydrogens (tertiary/aromatic N) is 3. The highest BCUT2D eigenvalue weighted by atomic mass is 15.3. The van der Waals surface area contributed by atoms with Crippen molar-refractivity contribution >= 4 is 22.1 Å². The number of benzene rings is 1. The van der Waals surface area contributed by atoms with Gasteiger partial charge in [-0.3, -0.25) is 9.67 Å². The van der Waals surface area contributed by atoms with E-state index in [0.717, 1.165) is 35.2 Å². The molecule has 0 aliphatic rings. The van der Waals surface area contributed by atoms with Crippen LogP contribution < -0.4 is 11.1 Å². The molecule has 2 heterocycles. The summed E-state index contributed by atoms with van der Waals surface area (Å²) in [5, 5.41) is 9.76. The summed E-state index contributed by atoms with van der Waals surface area (Å²) in [7, 11) is 0. The molecular formula is C15H17N5. The lowest BCUT2D eigenvalue weighted by Gasteiger charge is -2.11. The molecule has 0 aliphatic heterocycles. The quantitative estimate of drug-likeness (QED) is 0.712. The fourth-order valence-electron chi connectivity index (χ4n) is 2.26. The minimum Gasteiger partial charge on any atom is -0.398 e. The molecule has 3 N–H and O–H groups in total. The van der Waals surface area contributed by atoms with Gasteiger partial charge in [-0.15, -0.1) is 0 Å². The summed E-state index contributed by atoms with van der Waals surface area (Å²) in [5.74, 6) is 0. The number of nitrogens with two attached hydrogens (primary N) is 1. The SMILES string of the molecule is Cc1cnn(CCNc2ccc(N)c3ccncc23)c1. The molecule has 3 aromatic rings. The Morgan fingerprint density at radius 1 is 1.20 bits per heavy atom. The normalized spacial score (nSPS) is 10.8. The maximum atomic E-state index is 5.98. The molecule has 0 radical (unpaired) electrons. The van der Waals surface area contributed by atoms with Crippen LogP contribution in [0.3, 0.4) is 0 Å². The molecule has 1 aromatic carbocycles. The van der Waals surface area contributed by atoms with E-state index in [1.165, 1.54) is 5.56 Å². The highest BCUT2D eigenvalue weighted by molar-refractivity contribution is 6.00. The number of nitrogens with one attached hydrogen (secondary N) is 1. The van der Waals surface area contributed by atoms with Crippen molar-refractivity contribution < 1.29 is 0 Å². The number of hydrogen-bond acceptors (Lipinski definition) is 4. The summed E-state index contributed by atoms with van der Waals surface area (Å²) in [6.45, 7) is 3.66. The van der Waals surface area contributed by atoms with Crippen molar-refractivity contribution in [3.8, 4) is 0 Å². The van der Waals surface area contributed by atoms with Gasteiger partial charge in [-0.05, 0) is 30.7 Å². The van der Waals surface area contributed by atoms with Crippen LogP contribution in [-0.2, 0) is 6.54 Å². The van der Waals surface area contributed by atoms with Crippen LogP contribution in [0.1, 0.15) is 5.56 Å². The van der Waals surface area contributed by atoms with Gasteiger partial charge in [0.1, 0.15) is 0 Å². The first kappa shape index (κ1) is 12.5. The topological polar surface area (TPSA) is 68.8 Å². The number of pyridine rings is 1. The average Bonchev–Trinajstić information content (AvgIpc) is 2.87. The molecule has 0 saturated carbocycles. The van der Waals surface area contributed by atoms with E-state index in [-0.39, 0.29) is 0 Å². The van der Waals surface area contributed by atoms with Gasteiger partial charge in [-0.25, -0.2) is 0 Å². The fraction of sp³-hybridized carbons (Fsp3) is 0.200. The number of nitrogen functional groups attached to an aromatic ring is 1. The number of hydrogen-bond donors (Lipinski definition) is 2. The van der Waals surface area contributed by atoms with Gasteiger partial charge in [-0.2, -0.15) is 5.10 Å². The van der Waals surface area contributed by atoms with Crippen LogP contribution in [0.5, 0.6) is 0 Å². The zero-order valence-electron chi connectivity index (χ0n) is 11.4. The highest BCUT2D eigenvalue weighted by Gasteiger charge is 2.03. The zero-order valence-corrected chi connectivity index (χ0v) is 11.4. The van der Waals surface area contributed by atoms with Crippen LogP contribution in [-0.4, -0.2) is 21.3 Å². The maximum Gasteiger partial charge on any atom is 0.0582 e. The van der Waals surface area contributed by atoms with Crippen molar-refractivity contribution in [1.29, 1.82) is 0 Å². The third-order valence-corrected chi connectivity index (χ3v) is 3.27. The number of fused-ring (bicyclic) bond motifs is 1. The van der Waals surface area contributed by atoms with Gasteiger partial charge in [0, 0.05) is 47.3 Å². The van der Waals surface area contributed by atoms with Crippen LogP contribution in [0.4, 0.5) is 11.4 Å². The minimum absolute atomic E-state index is 0.774. The van der Waals surface area contributed by atoms with Gasteiger partial charge in [-0.1, -0.05) is 0 Å². The highest BCUT2D eigenvalue weighted by Crippen LogP contribution is 2.27. The number of anilines is 2. The third-order valence-electron chi connectivity index (χ3n) is 3.27. The van der Waals surface area contributed by atoms with E-state index in [4.69, 9.17) is 5.73 Å². The van der Waals surface area contributed by atoms with E-state index < -0.39 is 0 Å². The molecule has 0 saturated heterocycles. The Morgan fingerprint density at radius 2 is 2.10 bits per heavy atom. The van der Waals surface area contributed by atoms with Crippen molar-refractivity contribution in [3.05, 3.63) is 48.5 Å². The van der Waals surface area contributed by atoms with Crippen LogP contribution in [0.25, 0.3) is 10.8 Å². The van der Waals surface area contributed by atoms with Crippen molar-refractivity contribution in [2.75, 3.05) is 17.6 Å². The summed E-state index contributed by atoms with van der Waals surface area (Å²) in [4.78, 5) is 4.17. The summed E-state index contributed by atoms with van der Waals surface area (Å²) in [6, 6.07) is 5.85. The molecule has 5 heteroatoms. The van der Waals surface area contributed by atoms with Gasteiger partial charge < -0.3 is 11.1 Å². The Kier molecular flexibility index (Phi) is 3.25. The molecule has 0 aliphatic carbocycles. The summed E-state index contributed by atoms with van der Waals surface area (Å²) < 4.78 is 1.93. The lowest BCUT2D eigenvalue weighted by atomic mass is 10.1. The van der Waals surface area contributed by atoms with Gasteiger partial charge >= 0.3 is 0 Å². The Bertz CT molecular complexity index is 732. The first-order valence-electron chi connectivity index (χ1n) is 6.59. The Balaban J connectivity index is 1.76. The molecular weight excluding hydrogens is 250 g/mol. The zero-order chi connectivity index (χ0) is 13.9. The van der Waals surface area contributed by atoms with Crippen LogP contribution in [0, 0.1) is 6.92 Å². The molecule has 0 amide bonds. The predicted octanol–water partition coefficient (Wildman–Crippen LogP) is 2.43. The van der Waals surface area contributed by atoms with E-state index in [9.17, 15) is 0 Å². The predicted molar refractivity (Wildman–Crippen MR) is 81.6 cm³/mol. The molecule has 0 bridgehead atoms. The lowest BCUT2D eigenvalue weighted by molar-refractivity contribution is 0.638. The van der Waals surface area contributed by atoms with Crippen LogP contribution in [0.15, 0.2) is 43.0 Å². The first-order valence-corrected chi connectivity index (χ1v) is 6.59. The lowest BCUT2D eigenvalue weighted by Crippen LogP contribution is -2.11. The van der Waals surface area contributed by atoms with E-state index >= 15 is 0 Å². The number of aromatic nitrogens is 3. The second-order valence-electron chi connectivity index (χ2n) is 4.83. The largest absolute Gasteiger partial charge is 0.398 e. The Morgan fingerprint density at radius 3 is 2.90 bits per heavy atom. The standard InChI is InChI=1S/C15H17N5/c1-11-8-19-20(10-11)7-6-18-15-3-2-14(16)12-4-5-17-9-13(12)15/h2-5,8-10,18H,6-7,16H2,1H3. The fourth-order valence-corrected chi connectivity index (χ4v) is 2.26. The summed E-state index contributed by atoms with van der Waals surface area (Å²) in [6.07, 6.45) is 7.49. The Labute approximate surface area is 117 Å². The Hall–Kier alpha value is -2.56. The van der Waals surface area contributed by atoms with Gasteiger partial charge in [0.2, 0.25) is 0 Å². The van der Waals surface area contributed by atoms with Crippen LogP contribution in [0.2, 0.25) is 0 Å². The van der Waals surface area contributed by atoms with Gasteiger partial charge in [0.25, 0.3) is 0 Å². The van der Waals surface area contributed by atoms with Crippen molar-refractivity contribution in [1.82, 2.24) is 14.8 Å². The van der Waals surface area contributed by atoms with Crippen molar-refractivity contribution in [3.63, 3.8) is 0 Å². The molecule has 3 rings (SSSR count). The summed E-state index contributed by atoms with van der Waals surface area (Å²) in [5.41, 5.74) is 8.97. The number of aryl methyl sites for hydroxylation is 1. The smallest absolute Gasteiger partial charge is 0.0582 e. The van der Waals surface area contributed by atoms with Gasteiger partial charge in [0.15, 0.2) is 0 Å². The second-order valence-corrected chi connectivity index (χ2v) is 4.83. The van der Waals surface area contributed by atoms with Gasteiger partial charge in [0.05, 0.1) is 12.7 Å². The average molecular weight is 267 g/mol. The molecule has 102 valence electrons. The van der Waals surface area contributed by atoms with E-state index in [1.54, 1.807) is 6.20 Å². The molecule has 20 heavy (non-hydrogen) atoms. The third kappa shape index (κ3) is 2.42. The summed E-state index contributed by atoms with van der Waals surface area (Å²) >= 11 is 0. The van der Waals surface area contributed by atoms with Crippen LogP contribution >= 0.6 is 0 Å².